The quantitative estimate of drug-likeness (QED) is 0.569. The molecule has 1 aromatic heterocycles. The number of allylic oxidation sites excluding steroid dienone is 1. The van der Waals surface area contributed by atoms with Crippen LogP contribution in [0.25, 0.3) is 5.70 Å². The summed E-state index contributed by atoms with van der Waals surface area (Å²) >= 11 is 0. The first-order chi connectivity index (χ1) is 12.7. The fraction of sp³-hybridized carbons (Fsp3) is 0.650. The third kappa shape index (κ3) is 9.82. The maximum Gasteiger partial charge on any atom is 0.407 e. The van der Waals surface area contributed by atoms with E-state index < -0.39 is 11.7 Å². The predicted octanol–water partition coefficient (Wildman–Crippen LogP) is 4.75. The number of carbonyl (C=O) groups is 1. The van der Waals surface area contributed by atoms with Gasteiger partial charge in [-0.3, -0.25) is 4.99 Å². The molecule has 0 aromatic carbocycles. The van der Waals surface area contributed by atoms with E-state index in [0.29, 0.717) is 24.7 Å². The van der Waals surface area contributed by atoms with Gasteiger partial charge in [-0.15, -0.1) is 0 Å². The van der Waals surface area contributed by atoms with Gasteiger partial charge in [0.2, 0.25) is 5.88 Å². The van der Waals surface area contributed by atoms with E-state index in [9.17, 15) is 4.79 Å². The molecule has 7 heteroatoms. The molecule has 7 nitrogen and oxygen atoms in total. The van der Waals surface area contributed by atoms with Crippen LogP contribution in [0.2, 0.25) is 0 Å². The van der Waals surface area contributed by atoms with E-state index in [0.717, 1.165) is 11.3 Å². The lowest BCUT2D eigenvalue weighted by atomic mass is 10.2. The number of alkyl carbamates (subject to hydrolysis) is 1. The van der Waals surface area contributed by atoms with Crippen molar-refractivity contribution in [2.24, 2.45) is 12.0 Å². The molecule has 0 saturated heterocycles. The highest BCUT2D eigenvalue weighted by Crippen LogP contribution is 2.29. The Hall–Kier alpha value is -2.31. The van der Waals surface area contributed by atoms with Gasteiger partial charge in [-0.25, -0.2) is 9.48 Å². The molecule has 156 valence electrons. The van der Waals surface area contributed by atoms with Gasteiger partial charge in [0.25, 0.3) is 0 Å². The molecule has 0 aliphatic heterocycles. The maximum atomic E-state index is 11.6. The SMILES string of the molecule is C=N/C(=C\C)c1c(C)nn(C)c1OCCNC(=O)OC(C)(C)C.CC.CC. The molecule has 0 fully saturated rings. The first-order valence-corrected chi connectivity index (χ1v) is 9.46. The van der Waals surface area contributed by atoms with Gasteiger partial charge in [-0.05, 0) is 41.3 Å². The molecule has 0 atom stereocenters. The zero-order valence-corrected chi connectivity index (χ0v) is 18.8. The number of hydrogen-bond acceptors (Lipinski definition) is 5. The van der Waals surface area contributed by atoms with Crippen LogP contribution in [0.5, 0.6) is 5.88 Å². The average Bonchev–Trinajstić information content (AvgIpc) is 2.89. The van der Waals surface area contributed by atoms with E-state index in [-0.39, 0.29) is 0 Å². The van der Waals surface area contributed by atoms with E-state index in [2.05, 4.69) is 22.1 Å². The number of aromatic nitrogens is 2. The van der Waals surface area contributed by atoms with Gasteiger partial charge >= 0.3 is 6.09 Å². The number of aryl methyl sites for hydroxylation is 2. The first kappa shape index (κ1) is 26.9. The minimum Gasteiger partial charge on any atom is -0.475 e. The van der Waals surface area contributed by atoms with Gasteiger partial charge in [-0.2, -0.15) is 5.10 Å². The Labute approximate surface area is 164 Å². The van der Waals surface area contributed by atoms with E-state index in [1.165, 1.54) is 0 Å². The van der Waals surface area contributed by atoms with Gasteiger partial charge in [0.1, 0.15) is 12.2 Å². The Morgan fingerprint density at radius 3 is 2.30 bits per heavy atom. The topological polar surface area (TPSA) is 77.7 Å². The largest absolute Gasteiger partial charge is 0.475 e. The van der Waals surface area contributed by atoms with Gasteiger partial charge in [0.05, 0.1) is 23.5 Å². The number of nitrogens with one attached hydrogen (secondary N) is 1. The lowest BCUT2D eigenvalue weighted by Crippen LogP contribution is -2.34. The van der Waals surface area contributed by atoms with Crippen LogP contribution < -0.4 is 10.1 Å². The van der Waals surface area contributed by atoms with Crippen LogP contribution in [-0.4, -0.2) is 41.3 Å². The summed E-state index contributed by atoms with van der Waals surface area (Å²) in [4.78, 5) is 15.6. The summed E-state index contributed by atoms with van der Waals surface area (Å²) in [6.45, 7) is 21.4. The molecule has 0 aliphatic rings. The second-order valence-corrected chi connectivity index (χ2v) is 6.00. The molecule has 0 aliphatic carbocycles. The van der Waals surface area contributed by atoms with Crippen LogP contribution in [0.4, 0.5) is 4.79 Å². The second-order valence-electron chi connectivity index (χ2n) is 6.00. The zero-order chi connectivity index (χ0) is 21.6. The fourth-order valence-corrected chi connectivity index (χ4v) is 2.03. The molecular weight excluding hydrogens is 344 g/mol. The highest BCUT2D eigenvalue weighted by atomic mass is 16.6. The summed E-state index contributed by atoms with van der Waals surface area (Å²) < 4.78 is 12.6. The third-order valence-electron chi connectivity index (χ3n) is 2.88. The highest BCUT2D eigenvalue weighted by Gasteiger charge is 2.18. The van der Waals surface area contributed by atoms with Crippen molar-refractivity contribution < 1.29 is 14.3 Å². The van der Waals surface area contributed by atoms with Crippen LogP contribution in [0, 0.1) is 6.92 Å². The molecule has 1 heterocycles. The first-order valence-electron chi connectivity index (χ1n) is 9.46. The summed E-state index contributed by atoms with van der Waals surface area (Å²) in [6.07, 6.45) is 1.38. The number of carbonyl (C=O) groups excluding carboxylic acids is 1. The molecule has 0 spiro atoms. The molecule has 1 N–H and O–H groups in total. The predicted molar refractivity (Wildman–Crippen MR) is 114 cm³/mol. The smallest absolute Gasteiger partial charge is 0.407 e. The molecule has 1 aromatic rings. The van der Waals surface area contributed by atoms with Crippen molar-refractivity contribution in [3.63, 3.8) is 0 Å². The summed E-state index contributed by atoms with van der Waals surface area (Å²) in [7, 11) is 1.80. The number of aliphatic imine (C=N–C) groups is 1. The zero-order valence-electron chi connectivity index (χ0n) is 18.8. The van der Waals surface area contributed by atoms with Gasteiger partial charge < -0.3 is 14.8 Å². The molecule has 0 saturated carbocycles. The lowest BCUT2D eigenvalue weighted by Gasteiger charge is -2.19. The summed E-state index contributed by atoms with van der Waals surface area (Å²) in [5, 5.41) is 6.99. The molecule has 1 amide bonds. The minimum absolute atomic E-state index is 0.291. The average molecular weight is 383 g/mol. The molecule has 0 bridgehead atoms. The number of amides is 1. The summed E-state index contributed by atoms with van der Waals surface area (Å²) in [6, 6.07) is 0. The van der Waals surface area contributed by atoms with Crippen LogP contribution in [0.1, 0.15) is 66.6 Å². The van der Waals surface area contributed by atoms with Gasteiger partial charge in [-0.1, -0.05) is 33.8 Å². The molecule has 0 radical (unpaired) electrons. The Kier molecular flexibility index (Phi) is 13.8. The van der Waals surface area contributed by atoms with Crippen molar-refractivity contribution in [1.29, 1.82) is 0 Å². The summed E-state index contributed by atoms with van der Waals surface area (Å²) in [5.74, 6) is 0.592. The van der Waals surface area contributed by atoms with Crippen LogP contribution in [-0.2, 0) is 11.8 Å². The molecule has 27 heavy (non-hydrogen) atoms. The Bertz CT molecular complexity index is 599. The van der Waals surface area contributed by atoms with Crippen LogP contribution in [0.15, 0.2) is 11.1 Å². The Morgan fingerprint density at radius 1 is 1.30 bits per heavy atom. The van der Waals surface area contributed by atoms with Crippen LogP contribution >= 0.6 is 0 Å². The number of rotatable bonds is 6. The molecule has 0 unspecified atom stereocenters. The van der Waals surface area contributed by atoms with Crippen molar-refractivity contribution >= 4 is 18.5 Å². The molecule has 1 rings (SSSR count). The normalized spacial score (nSPS) is 10.7. The van der Waals surface area contributed by atoms with Crippen molar-refractivity contribution in [1.82, 2.24) is 15.1 Å². The van der Waals surface area contributed by atoms with E-state index in [4.69, 9.17) is 9.47 Å². The van der Waals surface area contributed by atoms with E-state index >= 15 is 0 Å². The van der Waals surface area contributed by atoms with Crippen molar-refractivity contribution in [3.05, 3.63) is 17.3 Å². The summed E-state index contributed by atoms with van der Waals surface area (Å²) in [5.41, 5.74) is 1.81. The number of hydrogen-bond donors (Lipinski definition) is 1. The third-order valence-corrected chi connectivity index (χ3v) is 2.88. The lowest BCUT2D eigenvalue weighted by molar-refractivity contribution is 0.0519. The van der Waals surface area contributed by atoms with Crippen molar-refractivity contribution in [3.8, 4) is 5.88 Å². The van der Waals surface area contributed by atoms with Crippen molar-refractivity contribution in [2.45, 2.75) is 67.9 Å². The number of ether oxygens (including phenoxy) is 2. The maximum absolute atomic E-state index is 11.6. The molecular formula is C20H38N4O3. The minimum atomic E-state index is -0.520. The standard InChI is InChI=1S/C16H26N4O3.2C2H6/c1-8-12(17-6)13-11(2)19-20(7)14(13)22-10-9-18-15(21)23-16(3,4)5;2*1-2/h8H,6,9-10H2,1-5,7H3,(H,18,21);2*1-2H3/b12-8-;;. The number of nitrogens with zero attached hydrogens (tertiary/aromatic N) is 3. The van der Waals surface area contributed by atoms with Crippen molar-refractivity contribution in [2.75, 3.05) is 13.2 Å². The van der Waals surface area contributed by atoms with E-state index in [1.807, 2.05) is 68.4 Å². The monoisotopic (exact) mass is 382 g/mol. The fourth-order valence-electron chi connectivity index (χ4n) is 2.03. The van der Waals surface area contributed by atoms with E-state index in [1.54, 1.807) is 11.7 Å². The second kappa shape index (κ2) is 13.8. The van der Waals surface area contributed by atoms with Gasteiger partial charge in [0.15, 0.2) is 0 Å². The Morgan fingerprint density at radius 2 is 1.85 bits per heavy atom. The highest BCUT2D eigenvalue weighted by molar-refractivity contribution is 5.72. The van der Waals surface area contributed by atoms with Crippen LogP contribution in [0.3, 0.4) is 0 Å². The van der Waals surface area contributed by atoms with Gasteiger partial charge in [0, 0.05) is 7.05 Å². The Balaban J connectivity index is 0.